The van der Waals surface area contributed by atoms with Crippen LogP contribution < -0.4 is 10.6 Å². The number of rotatable bonds is 5. The second-order valence-corrected chi connectivity index (χ2v) is 4.26. The van der Waals surface area contributed by atoms with E-state index in [1.54, 1.807) is 0 Å². The maximum atomic E-state index is 5.69. The van der Waals surface area contributed by atoms with Gasteiger partial charge in [0.25, 0.3) is 0 Å². The van der Waals surface area contributed by atoms with Crippen LogP contribution in [0.3, 0.4) is 0 Å². The van der Waals surface area contributed by atoms with Gasteiger partial charge in [-0.3, -0.25) is 0 Å². The Bertz CT molecular complexity index is 272. The fraction of sp³-hybridized carbons (Fsp3) is 0.778. The Morgan fingerprint density at radius 3 is 2.79 bits per heavy atom. The van der Waals surface area contributed by atoms with Crippen LogP contribution in [0.2, 0.25) is 0 Å². The Morgan fingerprint density at radius 1 is 1.57 bits per heavy atom. The van der Waals surface area contributed by atoms with Gasteiger partial charge in [0.05, 0.1) is 0 Å². The van der Waals surface area contributed by atoms with Crippen molar-refractivity contribution in [3.63, 3.8) is 0 Å². The van der Waals surface area contributed by atoms with E-state index < -0.39 is 0 Å². The number of nitrogens with two attached hydrogens (primary N) is 1. The zero-order valence-corrected chi connectivity index (χ0v) is 9.84. The Kier molecular flexibility index (Phi) is 4.28. The minimum atomic E-state index is 0.246. The fourth-order valence-corrected chi connectivity index (χ4v) is 1.77. The van der Waals surface area contributed by atoms with Crippen molar-refractivity contribution in [2.45, 2.75) is 32.7 Å². The maximum Gasteiger partial charge on any atom is 0.204 e. The van der Waals surface area contributed by atoms with Gasteiger partial charge in [0.15, 0.2) is 0 Å². The third kappa shape index (κ3) is 3.23. The lowest BCUT2D eigenvalue weighted by Crippen LogP contribution is -2.25. The summed E-state index contributed by atoms with van der Waals surface area (Å²) in [5.41, 5.74) is 5.69. The summed E-state index contributed by atoms with van der Waals surface area (Å²) in [6, 6.07) is 0.246. The molecule has 1 heterocycles. The van der Waals surface area contributed by atoms with E-state index >= 15 is 0 Å². The monoisotopic (exact) mass is 214 g/mol. The third-order valence-electron chi connectivity index (χ3n) is 2.02. The number of hydrogen-bond donors (Lipinski definition) is 1. The van der Waals surface area contributed by atoms with Crippen LogP contribution in [0, 0.1) is 0 Å². The highest BCUT2D eigenvalue weighted by atomic mass is 32.1. The first-order valence-corrected chi connectivity index (χ1v) is 5.70. The highest BCUT2D eigenvalue weighted by molar-refractivity contribution is 7.09. The van der Waals surface area contributed by atoms with Gasteiger partial charge in [-0.15, -0.1) is 0 Å². The van der Waals surface area contributed by atoms with Crippen LogP contribution >= 0.6 is 11.5 Å². The van der Waals surface area contributed by atoms with E-state index in [-0.39, 0.29) is 6.04 Å². The normalized spacial score (nSPS) is 12.9. The SMILES string of the molecule is CCc1nsc(N(C)CCC(C)N)n1. The molecule has 0 aliphatic rings. The molecule has 1 unspecified atom stereocenters. The average molecular weight is 214 g/mol. The molecule has 0 spiro atoms. The summed E-state index contributed by atoms with van der Waals surface area (Å²) in [6.45, 7) is 5.02. The molecule has 1 atom stereocenters. The van der Waals surface area contributed by atoms with Crippen molar-refractivity contribution >= 4 is 16.7 Å². The third-order valence-corrected chi connectivity index (χ3v) is 2.89. The van der Waals surface area contributed by atoms with Crippen molar-refractivity contribution in [2.24, 2.45) is 5.73 Å². The van der Waals surface area contributed by atoms with E-state index in [4.69, 9.17) is 5.73 Å². The zero-order valence-electron chi connectivity index (χ0n) is 9.03. The number of hydrogen-bond acceptors (Lipinski definition) is 5. The summed E-state index contributed by atoms with van der Waals surface area (Å²) in [4.78, 5) is 6.51. The molecule has 5 heteroatoms. The molecule has 1 rings (SSSR count). The van der Waals surface area contributed by atoms with Gasteiger partial charge in [0.2, 0.25) is 5.13 Å². The minimum Gasteiger partial charge on any atom is -0.350 e. The van der Waals surface area contributed by atoms with E-state index in [1.165, 1.54) is 11.5 Å². The predicted molar refractivity (Wildman–Crippen MR) is 60.8 cm³/mol. The molecule has 4 nitrogen and oxygen atoms in total. The number of aryl methyl sites for hydroxylation is 1. The van der Waals surface area contributed by atoms with E-state index in [9.17, 15) is 0 Å². The maximum absolute atomic E-state index is 5.69. The topological polar surface area (TPSA) is 55.0 Å². The van der Waals surface area contributed by atoms with Crippen LogP contribution in [-0.4, -0.2) is 29.0 Å². The lowest BCUT2D eigenvalue weighted by molar-refractivity contribution is 0.658. The van der Waals surface area contributed by atoms with Gasteiger partial charge in [-0.2, -0.15) is 4.37 Å². The van der Waals surface area contributed by atoms with Crippen molar-refractivity contribution in [1.29, 1.82) is 0 Å². The molecular formula is C9H18N4S. The second-order valence-electron chi connectivity index (χ2n) is 3.53. The van der Waals surface area contributed by atoms with Crippen molar-refractivity contribution in [2.75, 3.05) is 18.5 Å². The average Bonchev–Trinajstić information content (AvgIpc) is 2.62. The zero-order chi connectivity index (χ0) is 10.6. The molecular weight excluding hydrogens is 196 g/mol. The molecule has 0 aromatic carbocycles. The van der Waals surface area contributed by atoms with Gasteiger partial charge < -0.3 is 10.6 Å². The molecule has 1 aromatic heterocycles. The minimum absolute atomic E-state index is 0.246. The summed E-state index contributed by atoms with van der Waals surface area (Å²) in [7, 11) is 2.03. The van der Waals surface area contributed by atoms with E-state index in [1.807, 2.05) is 14.0 Å². The van der Waals surface area contributed by atoms with Crippen molar-refractivity contribution in [3.8, 4) is 0 Å². The molecule has 0 amide bonds. The molecule has 0 bridgehead atoms. The largest absolute Gasteiger partial charge is 0.350 e. The molecule has 80 valence electrons. The van der Waals surface area contributed by atoms with Gasteiger partial charge in [0, 0.05) is 37.6 Å². The van der Waals surface area contributed by atoms with Crippen LogP contribution in [0.4, 0.5) is 5.13 Å². The summed E-state index contributed by atoms with van der Waals surface area (Å²) in [5, 5.41) is 0.988. The van der Waals surface area contributed by atoms with E-state index in [0.29, 0.717) is 0 Å². The first kappa shape index (κ1) is 11.4. The van der Waals surface area contributed by atoms with Gasteiger partial charge in [-0.05, 0) is 13.3 Å². The Hall–Kier alpha value is -0.680. The molecule has 0 aliphatic carbocycles. The van der Waals surface area contributed by atoms with Crippen molar-refractivity contribution in [3.05, 3.63) is 5.82 Å². The Labute approximate surface area is 89.3 Å². The lowest BCUT2D eigenvalue weighted by Gasteiger charge is -2.15. The molecule has 1 aromatic rings. The highest BCUT2D eigenvalue weighted by Gasteiger charge is 2.07. The predicted octanol–water partition coefficient (Wildman–Crippen LogP) is 1.27. The summed E-state index contributed by atoms with van der Waals surface area (Å²) < 4.78 is 4.24. The van der Waals surface area contributed by atoms with Crippen LogP contribution in [0.5, 0.6) is 0 Å². The first-order chi connectivity index (χ1) is 6.63. The summed E-state index contributed by atoms with van der Waals surface area (Å²) in [6.07, 6.45) is 1.88. The van der Waals surface area contributed by atoms with E-state index in [2.05, 4.69) is 21.2 Å². The van der Waals surface area contributed by atoms with Gasteiger partial charge in [-0.1, -0.05) is 6.92 Å². The van der Waals surface area contributed by atoms with Crippen LogP contribution in [0.15, 0.2) is 0 Å². The fourth-order valence-electron chi connectivity index (χ4n) is 1.04. The smallest absolute Gasteiger partial charge is 0.204 e. The first-order valence-electron chi connectivity index (χ1n) is 4.92. The van der Waals surface area contributed by atoms with E-state index in [0.717, 1.165) is 30.3 Å². The van der Waals surface area contributed by atoms with Gasteiger partial charge in [-0.25, -0.2) is 4.98 Å². The molecule has 0 radical (unpaired) electrons. The number of nitrogens with zero attached hydrogens (tertiary/aromatic N) is 3. The molecule has 2 N–H and O–H groups in total. The molecule has 0 saturated carbocycles. The van der Waals surface area contributed by atoms with Crippen molar-refractivity contribution in [1.82, 2.24) is 9.36 Å². The van der Waals surface area contributed by atoms with Crippen LogP contribution in [0.1, 0.15) is 26.1 Å². The molecule has 0 fully saturated rings. The number of anilines is 1. The summed E-state index contributed by atoms with van der Waals surface area (Å²) >= 11 is 1.46. The Balaban J connectivity index is 2.47. The van der Waals surface area contributed by atoms with Crippen LogP contribution in [0.25, 0.3) is 0 Å². The van der Waals surface area contributed by atoms with Crippen molar-refractivity contribution < 1.29 is 0 Å². The quantitative estimate of drug-likeness (QED) is 0.802. The standard InChI is InChI=1S/C9H18N4S/c1-4-8-11-9(14-12-8)13(3)6-5-7(2)10/h7H,4-6,10H2,1-3H3. The summed E-state index contributed by atoms with van der Waals surface area (Å²) in [5.74, 6) is 0.928. The molecule has 0 saturated heterocycles. The second kappa shape index (κ2) is 5.26. The number of aromatic nitrogens is 2. The highest BCUT2D eigenvalue weighted by Crippen LogP contribution is 2.15. The van der Waals surface area contributed by atoms with Crippen LogP contribution in [-0.2, 0) is 6.42 Å². The molecule has 0 aliphatic heterocycles. The Morgan fingerprint density at radius 2 is 2.29 bits per heavy atom. The lowest BCUT2D eigenvalue weighted by atomic mass is 10.2. The molecule has 14 heavy (non-hydrogen) atoms. The van der Waals surface area contributed by atoms with Gasteiger partial charge in [0.1, 0.15) is 5.82 Å². The van der Waals surface area contributed by atoms with Gasteiger partial charge >= 0.3 is 0 Å².